The molecule has 0 saturated carbocycles. The molecule has 1 aromatic heterocycles. The Kier molecular flexibility index (Phi) is 7.99. The zero-order chi connectivity index (χ0) is 12.5. The molecule has 1 unspecified atom stereocenters. The number of carbonyl (C=O) groups is 1. The van der Waals surface area contributed by atoms with Crippen LogP contribution >= 0.6 is 44.2 Å². The molecule has 4 nitrogen and oxygen atoms in total. The fourth-order valence-electron chi connectivity index (χ4n) is 0.941. The predicted molar refractivity (Wildman–Crippen MR) is 82.4 cm³/mol. The molecule has 0 spiro atoms. The van der Waals surface area contributed by atoms with Crippen molar-refractivity contribution in [3.05, 3.63) is 24.4 Å². The van der Waals surface area contributed by atoms with E-state index in [-0.39, 0.29) is 5.91 Å². The van der Waals surface area contributed by atoms with Crippen LogP contribution in [0.5, 0.6) is 0 Å². The number of carbonyl (C=O) groups excluding carboxylic acids is 1. The summed E-state index contributed by atoms with van der Waals surface area (Å²) in [6, 6.07) is 5.28. The quantitative estimate of drug-likeness (QED) is 0.426. The van der Waals surface area contributed by atoms with Crippen molar-refractivity contribution in [2.24, 2.45) is 5.73 Å². The molecule has 0 aliphatic heterocycles. The van der Waals surface area contributed by atoms with E-state index in [0.29, 0.717) is 12.3 Å². The predicted octanol–water partition coefficient (Wildman–Crippen LogP) is 1.70. The second-order valence-electron chi connectivity index (χ2n) is 3.12. The van der Waals surface area contributed by atoms with Gasteiger partial charge in [-0.15, -0.1) is 0 Å². The van der Waals surface area contributed by atoms with E-state index in [2.05, 4.69) is 32.9 Å². The van der Waals surface area contributed by atoms with Crippen LogP contribution < -0.4 is 11.1 Å². The van der Waals surface area contributed by atoms with E-state index in [9.17, 15) is 4.79 Å². The van der Waals surface area contributed by atoms with E-state index < -0.39 is 6.04 Å². The van der Waals surface area contributed by atoms with Gasteiger partial charge in [0.15, 0.2) is 0 Å². The van der Waals surface area contributed by atoms with Gasteiger partial charge in [0.25, 0.3) is 0 Å². The third-order valence-electron chi connectivity index (χ3n) is 1.76. The summed E-state index contributed by atoms with van der Waals surface area (Å²) in [5, 5.41) is 3.70. The van der Waals surface area contributed by atoms with Crippen LogP contribution in [-0.2, 0) is 4.79 Å². The number of amides is 1. The highest BCUT2D eigenvalue weighted by molar-refractivity contribution is 14.1. The minimum atomic E-state index is -0.459. The first-order valence-electron chi connectivity index (χ1n) is 5.04. The number of pyridine rings is 1. The average Bonchev–Trinajstić information content (AvgIpc) is 2.37. The summed E-state index contributed by atoms with van der Waals surface area (Å²) in [5.41, 5.74) is 5.75. The van der Waals surface area contributed by atoms with Crippen molar-refractivity contribution in [2.75, 3.05) is 16.7 Å². The van der Waals surface area contributed by atoms with Crippen LogP contribution in [0.2, 0.25) is 0 Å². The molecule has 0 radical (unpaired) electrons. The Morgan fingerprint density at radius 2 is 2.41 bits per heavy atom. The van der Waals surface area contributed by atoms with E-state index in [4.69, 9.17) is 5.73 Å². The molecule has 1 aromatic rings. The normalized spacial score (nSPS) is 12.1. The van der Waals surface area contributed by atoms with Gasteiger partial charge < -0.3 is 11.1 Å². The first kappa shape index (κ1) is 15.1. The van der Waals surface area contributed by atoms with Crippen LogP contribution in [-0.4, -0.2) is 33.7 Å². The topological polar surface area (TPSA) is 68.0 Å². The highest BCUT2D eigenvalue weighted by Crippen LogP contribution is 2.28. The zero-order valence-corrected chi connectivity index (χ0v) is 12.9. The van der Waals surface area contributed by atoms with Crippen molar-refractivity contribution in [1.29, 1.82) is 0 Å². The van der Waals surface area contributed by atoms with Crippen LogP contribution in [0.4, 0.5) is 0 Å². The molecular formula is C10H14IN3OS2. The molecule has 0 aliphatic carbocycles. The molecule has 1 rings (SSSR count). The highest BCUT2D eigenvalue weighted by Gasteiger charge is 2.12. The minimum Gasteiger partial charge on any atom is -0.354 e. The molecule has 1 atom stereocenters. The summed E-state index contributed by atoms with van der Waals surface area (Å²) in [4.78, 5) is 15.6. The number of nitrogens with zero attached hydrogens (tertiary/aromatic N) is 1. The van der Waals surface area contributed by atoms with Gasteiger partial charge in [-0.25, -0.2) is 4.98 Å². The van der Waals surface area contributed by atoms with Crippen molar-refractivity contribution in [3.8, 4) is 0 Å². The molecule has 1 amide bonds. The van der Waals surface area contributed by atoms with Crippen molar-refractivity contribution in [1.82, 2.24) is 10.3 Å². The fourth-order valence-corrected chi connectivity index (χ4v) is 3.24. The molecule has 0 aliphatic rings. The maximum atomic E-state index is 11.5. The van der Waals surface area contributed by atoms with Crippen LogP contribution in [0.3, 0.4) is 0 Å². The Morgan fingerprint density at radius 1 is 1.59 bits per heavy atom. The summed E-state index contributed by atoms with van der Waals surface area (Å²) in [6.07, 6.45) is 1.75. The number of halogens is 1. The lowest BCUT2D eigenvalue weighted by Crippen LogP contribution is -2.42. The van der Waals surface area contributed by atoms with E-state index in [0.717, 1.165) is 9.45 Å². The summed E-state index contributed by atoms with van der Waals surface area (Å²) in [6.45, 7) is 0.672. The third kappa shape index (κ3) is 6.49. The van der Waals surface area contributed by atoms with Gasteiger partial charge >= 0.3 is 0 Å². The molecular weight excluding hydrogens is 369 g/mol. The van der Waals surface area contributed by atoms with Gasteiger partial charge in [-0.05, 0) is 22.9 Å². The molecule has 0 aromatic carbocycles. The molecule has 94 valence electrons. The van der Waals surface area contributed by atoms with Gasteiger partial charge in [0.05, 0.1) is 6.04 Å². The van der Waals surface area contributed by atoms with Gasteiger partial charge in [0.1, 0.15) is 5.03 Å². The van der Waals surface area contributed by atoms with Crippen LogP contribution in [0, 0.1) is 0 Å². The van der Waals surface area contributed by atoms with E-state index in [1.807, 2.05) is 18.2 Å². The molecule has 0 fully saturated rings. The third-order valence-corrected chi connectivity index (χ3v) is 4.60. The number of nitrogens with two attached hydrogens (primary N) is 1. The molecule has 3 N–H and O–H groups in total. The standard InChI is InChI=1S/C10H14IN3OS2/c11-4-6-14-10(15)8(12)7-16-17-9-3-1-2-5-13-9/h1-3,5,8H,4,6-7,12H2,(H,14,15). The lowest BCUT2D eigenvalue weighted by atomic mass is 10.3. The Labute approximate surface area is 122 Å². The van der Waals surface area contributed by atoms with E-state index >= 15 is 0 Å². The molecule has 0 bridgehead atoms. The minimum absolute atomic E-state index is 0.0872. The number of rotatable bonds is 7. The van der Waals surface area contributed by atoms with Gasteiger partial charge in [-0.2, -0.15) is 0 Å². The monoisotopic (exact) mass is 383 g/mol. The Morgan fingerprint density at radius 3 is 3.06 bits per heavy atom. The second-order valence-corrected chi connectivity index (χ2v) is 6.56. The van der Waals surface area contributed by atoms with Gasteiger partial charge in [-0.1, -0.05) is 39.5 Å². The van der Waals surface area contributed by atoms with Crippen LogP contribution in [0.25, 0.3) is 0 Å². The number of hydrogen-bond acceptors (Lipinski definition) is 5. The van der Waals surface area contributed by atoms with Crippen molar-refractivity contribution in [2.45, 2.75) is 11.1 Å². The zero-order valence-electron chi connectivity index (χ0n) is 9.14. The smallest absolute Gasteiger partial charge is 0.237 e. The molecule has 1 heterocycles. The Balaban J connectivity index is 2.20. The van der Waals surface area contributed by atoms with Crippen molar-refractivity contribution in [3.63, 3.8) is 0 Å². The van der Waals surface area contributed by atoms with Crippen molar-refractivity contribution >= 4 is 50.1 Å². The first-order chi connectivity index (χ1) is 8.24. The summed E-state index contributed by atoms with van der Waals surface area (Å²) < 4.78 is 0.895. The lowest BCUT2D eigenvalue weighted by molar-refractivity contribution is -0.121. The fraction of sp³-hybridized carbons (Fsp3) is 0.400. The van der Waals surface area contributed by atoms with E-state index in [1.54, 1.807) is 17.0 Å². The number of aromatic nitrogens is 1. The highest BCUT2D eigenvalue weighted by atomic mass is 127. The summed E-state index contributed by atoms with van der Waals surface area (Å²) in [5.74, 6) is 0.490. The second kappa shape index (κ2) is 9.01. The number of hydrogen-bond donors (Lipinski definition) is 2. The van der Waals surface area contributed by atoms with Gasteiger partial charge in [-0.3, -0.25) is 4.79 Å². The first-order valence-corrected chi connectivity index (χ1v) is 8.88. The lowest BCUT2D eigenvalue weighted by Gasteiger charge is -2.10. The van der Waals surface area contributed by atoms with E-state index in [1.165, 1.54) is 10.8 Å². The molecule has 0 saturated heterocycles. The summed E-state index contributed by atoms with van der Waals surface area (Å²) >= 11 is 2.21. The van der Waals surface area contributed by atoms with Crippen LogP contribution in [0.15, 0.2) is 29.4 Å². The molecule has 17 heavy (non-hydrogen) atoms. The average molecular weight is 383 g/mol. The Hall–Kier alpha value is 0.01000. The van der Waals surface area contributed by atoms with Gasteiger partial charge in [0.2, 0.25) is 5.91 Å². The van der Waals surface area contributed by atoms with Crippen molar-refractivity contribution < 1.29 is 4.79 Å². The molecule has 7 heteroatoms. The number of alkyl halides is 1. The maximum Gasteiger partial charge on any atom is 0.237 e. The van der Waals surface area contributed by atoms with Crippen LogP contribution in [0.1, 0.15) is 0 Å². The van der Waals surface area contributed by atoms with Gasteiger partial charge in [0, 0.05) is 22.9 Å². The number of nitrogens with one attached hydrogen (secondary N) is 1. The summed E-state index contributed by atoms with van der Waals surface area (Å²) in [7, 11) is 3.08. The maximum absolute atomic E-state index is 11.5. The SMILES string of the molecule is NC(CSSc1ccccn1)C(=O)NCCI. The largest absolute Gasteiger partial charge is 0.354 e. The Bertz CT molecular complexity index is 340.